The highest BCUT2D eigenvalue weighted by Crippen LogP contribution is 2.24. The van der Waals surface area contributed by atoms with Gasteiger partial charge in [-0.2, -0.15) is 0 Å². The summed E-state index contributed by atoms with van der Waals surface area (Å²) >= 11 is 0. The maximum Gasteiger partial charge on any atom is 0.227 e. The minimum atomic E-state index is -0.0467. The van der Waals surface area contributed by atoms with Gasteiger partial charge in [-0.15, -0.1) is 0 Å². The molecular formula is C14H19NO3. The third-order valence-electron chi connectivity index (χ3n) is 3.68. The van der Waals surface area contributed by atoms with Crippen molar-refractivity contribution >= 4 is 5.91 Å². The third kappa shape index (κ3) is 2.64. The molecule has 0 spiro atoms. The van der Waals surface area contributed by atoms with Crippen LogP contribution in [0.3, 0.4) is 0 Å². The first-order valence-corrected chi connectivity index (χ1v) is 6.30. The van der Waals surface area contributed by atoms with Crippen LogP contribution < -0.4 is 0 Å². The molecule has 2 rings (SSSR count). The highest BCUT2D eigenvalue weighted by Gasteiger charge is 2.33. The quantitative estimate of drug-likeness (QED) is 0.845. The maximum absolute atomic E-state index is 12.2. The molecule has 4 heteroatoms. The summed E-state index contributed by atoms with van der Waals surface area (Å²) in [6, 6.07) is 6.62. The zero-order valence-electron chi connectivity index (χ0n) is 10.5. The molecule has 1 aliphatic rings. The van der Waals surface area contributed by atoms with E-state index in [1.807, 2.05) is 0 Å². The van der Waals surface area contributed by atoms with Gasteiger partial charge in [-0.05, 0) is 30.0 Å². The molecule has 0 bridgehead atoms. The fourth-order valence-electron chi connectivity index (χ4n) is 2.49. The van der Waals surface area contributed by atoms with Crippen molar-refractivity contribution in [2.45, 2.75) is 25.8 Å². The summed E-state index contributed by atoms with van der Waals surface area (Å²) in [6.45, 7) is 2.82. The Bertz CT molecular complexity index is 416. The zero-order chi connectivity index (χ0) is 13.1. The number of hydrogen-bond donors (Lipinski definition) is 2. The van der Waals surface area contributed by atoms with Crippen LogP contribution in [0.5, 0.6) is 5.75 Å². The molecular weight excluding hydrogens is 230 g/mol. The molecule has 1 amide bonds. The lowest BCUT2D eigenvalue weighted by Gasteiger charge is -2.25. The minimum absolute atomic E-state index is 0.0302. The van der Waals surface area contributed by atoms with E-state index in [1.165, 1.54) is 0 Å². The number of aromatic hydroxyl groups is 1. The van der Waals surface area contributed by atoms with Crippen LogP contribution in [0.2, 0.25) is 0 Å². The van der Waals surface area contributed by atoms with Crippen LogP contribution in [0.1, 0.15) is 18.9 Å². The standard InChI is InChI=1S/C14H19NO3/c1-10-6-7-15(13(10)9-16)14(18)8-11-2-4-12(17)5-3-11/h2-5,10,13,16-17H,6-9H2,1H3. The molecule has 4 nitrogen and oxygen atoms in total. The van der Waals surface area contributed by atoms with E-state index in [9.17, 15) is 15.0 Å². The first-order valence-electron chi connectivity index (χ1n) is 6.30. The van der Waals surface area contributed by atoms with E-state index in [0.29, 0.717) is 12.3 Å². The summed E-state index contributed by atoms with van der Waals surface area (Å²) in [4.78, 5) is 13.9. The Labute approximate surface area is 107 Å². The molecule has 1 aromatic carbocycles. The molecule has 18 heavy (non-hydrogen) atoms. The molecule has 2 unspecified atom stereocenters. The van der Waals surface area contributed by atoms with Crippen LogP contribution in [-0.2, 0) is 11.2 Å². The van der Waals surface area contributed by atoms with Gasteiger partial charge in [0.05, 0.1) is 19.1 Å². The fourth-order valence-corrected chi connectivity index (χ4v) is 2.49. The van der Waals surface area contributed by atoms with Crippen molar-refractivity contribution in [2.24, 2.45) is 5.92 Å². The number of carbonyl (C=O) groups excluding carboxylic acids is 1. The number of nitrogens with zero attached hydrogens (tertiary/aromatic N) is 1. The van der Waals surface area contributed by atoms with Crippen LogP contribution in [-0.4, -0.2) is 40.2 Å². The molecule has 0 aliphatic carbocycles. The normalized spacial score (nSPS) is 23.3. The number of hydrogen-bond acceptors (Lipinski definition) is 3. The zero-order valence-corrected chi connectivity index (χ0v) is 10.5. The summed E-state index contributed by atoms with van der Waals surface area (Å²) in [5, 5.41) is 18.5. The molecule has 2 N–H and O–H groups in total. The molecule has 1 fully saturated rings. The number of rotatable bonds is 3. The maximum atomic E-state index is 12.2. The Morgan fingerprint density at radius 3 is 2.67 bits per heavy atom. The number of aliphatic hydroxyl groups is 1. The lowest BCUT2D eigenvalue weighted by Crippen LogP contribution is -2.40. The SMILES string of the molecule is CC1CCN(C(=O)Cc2ccc(O)cc2)C1CO. The van der Waals surface area contributed by atoms with Crippen molar-refractivity contribution in [1.82, 2.24) is 4.90 Å². The van der Waals surface area contributed by atoms with E-state index >= 15 is 0 Å². The first kappa shape index (κ1) is 12.9. The molecule has 1 aliphatic heterocycles. The minimum Gasteiger partial charge on any atom is -0.508 e. The van der Waals surface area contributed by atoms with Crippen LogP contribution in [0.4, 0.5) is 0 Å². The Balaban J connectivity index is 2.01. The van der Waals surface area contributed by atoms with Crippen molar-refractivity contribution in [3.8, 4) is 5.75 Å². The van der Waals surface area contributed by atoms with E-state index < -0.39 is 0 Å². The van der Waals surface area contributed by atoms with E-state index in [2.05, 4.69) is 6.92 Å². The number of aliphatic hydroxyl groups excluding tert-OH is 1. The average molecular weight is 249 g/mol. The van der Waals surface area contributed by atoms with Crippen LogP contribution in [0.25, 0.3) is 0 Å². The van der Waals surface area contributed by atoms with Crippen LogP contribution in [0, 0.1) is 5.92 Å². The first-order chi connectivity index (χ1) is 8.61. The molecule has 1 aromatic rings. The largest absolute Gasteiger partial charge is 0.508 e. The predicted octanol–water partition coefficient (Wildman–Crippen LogP) is 1.16. The summed E-state index contributed by atoms with van der Waals surface area (Å²) in [5.74, 6) is 0.608. The molecule has 1 saturated heterocycles. The Morgan fingerprint density at radius 1 is 1.39 bits per heavy atom. The van der Waals surface area contributed by atoms with Gasteiger partial charge in [0.2, 0.25) is 5.91 Å². The number of phenolic OH excluding ortho intramolecular Hbond substituents is 1. The van der Waals surface area contributed by atoms with Crippen molar-refractivity contribution in [3.05, 3.63) is 29.8 Å². The van der Waals surface area contributed by atoms with Gasteiger partial charge in [-0.3, -0.25) is 4.79 Å². The van der Waals surface area contributed by atoms with E-state index in [0.717, 1.165) is 18.5 Å². The van der Waals surface area contributed by atoms with Gasteiger partial charge < -0.3 is 15.1 Å². The van der Waals surface area contributed by atoms with Gasteiger partial charge in [0.25, 0.3) is 0 Å². The second-order valence-electron chi connectivity index (χ2n) is 4.95. The van der Waals surface area contributed by atoms with Crippen LogP contribution >= 0.6 is 0 Å². The molecule has 0 saturated carbocycles. The monoisotopic (exact) mass is 249 g/mol. The van der Waals surface area contributed by atoms with Crippen molar-refractivity contribution in [1.29, 1.82) is 0 Å². The van der Waals surface area contributed by atoms with Gasteiger partial charge in [-0.1, -0.05) is 19.1 Å². The molecule has 0 aromatic heterocycles. The number of benzene rings is 1. The third-order valence-corrected chi connectivity index (χ3v) is 3.68. The summed E-state index contributed by atoms with van der Waals surface area (Å²) < 4.78 is 0. The second kappa shape index (κ2) is 5.40. The van der Waals surface area contributed by atoms with E-state index in [1.54, 1.807) is 29.2 Å². The summed E-state index contributed by atoms with van der Waals surface area (Å²) in [5.41, 5.74) is 0.883. The van der Waals surface area contributed by atoms with Crippen molar-refractivity contribution in [3.63, 3.8) is 0 Å². The van der Waals surface area contributed by atoms with Crippen molar-refractivity contribution in [2.75, 3.05) is 13.2 Å². The number of phenols is 1. The van der Waals surface area contributed by atoms with Crippen molar-refractivity contribution < 1.29 is 15.0 Å². The second-order valence-corrected chi connectivity index (χ2v) is 4.95. The smallest absolute Gasteiger partial charge is 0.227 e. The Morgan fingerprint density at radius 2 is 2.06 bits per heavy atom. The Kier molecular flexibility index (Phi) is 3.87. The molecule has 0 radical (unpaired) electrons. The van der Waals surface area contributed by atoms with E-state index in [4.69, 9.17) is 0 Å². The van der Waals surface area contributed by atoms with Gasteiger partial charge in [0.1, 0.15) is 5.75 Å². The summed E-state index contributed by atoms with van der Waals surface area (Å²) in [7, 11) is 0. The molecule has 98 valence electrons. The predicted molar refractivity (Wildman–Crippen MR) is 68.2 cm³/mol. The highest BCUT2D eigenvalue weighted by atomic mass is 16.3. The van der Waals surface area contributed by atoms with Gasteiger partial charge >= 0.3 is 0 Å². The van der Waals surface area contributed by atoms with Crippen LogP contribution in [0.15, 0.2) is 24.3 Å². The lowest BCUT2D eigenvalue weighted by molar-refractivity contribution is -0.132. The summed E-state index contributed by atoms with van der Waals surface area (Å²) in [6.07, 6.45) is 1.27. The number of likely N-dealkylation sites (tertiary alicyclic amines) is 1. The number of carbonyl (C=O) groups is 1. The number of amides is 1. The Hall–Kier alpha value is -1.55. The van der Waals surface area contributed by atoms with Gasteiger partial charge in [-0.25, -0.2) is 0 Å². The average Bonchev–Trinajstić information content (AvgIpc) is 2.73. The van der Waals surface area contributed by atoms with Gasteiger partial charge in [0, 0.05) is 6.54 Å². The lowest BCUT2D eigenvalue weighted by atomic mass is 10.0. The highest BCUT2D eigenvalue weighted by molar-refractivity contribution is 5.79. The fraction of sp³-hybridized carbons (Fsp3) is 0.500. The topological polar surface area (TPSA) is 60.8 Å². The molecule has 1 heterocycles. The van der Waals surface area contributed by atoms with Gasteiger partial charge in [0.15, 0.2) is 0 Å². The van der Waals surface area contributed by atoms with E-state index in [-0.39, 0.29) is 24.3 Å². The molecule has 2 atom stereocenters.